The zero-order chi connectivity index (χ0) is 20.5. The molecule has 0 saturated carbocycles. The minimum absolute atomic E-state index is 0.145. The van der Waals surface area contributed by atoms with Gasteiger partial charge in [0.1, 0.15) is 0 Å². The number of anilines is 1. The number of aryl methyl sites for hydroxylation is 3. The molecule has 2 aromatic carbocycles. The first-order valence-corrected chi connectivity index (χ1v) is 9.81. The molecule has 1 aromatic heterocycles. The number of carbonyl (C=O) groups excluding carboxylic acids is 2. The van der Waals surface area contributed by atoms with Gasteiger partial charge in [0.25, 0.3) is 0 Å². The molecular formula is C22H24N4O3. The number of aromatic nitrogens is 2. The first kappa shape index (κ1) is 19.0. The monoisotopic (exact) mass is 392 g/mol. The number of carbonyl (C=O) groups is 2. The first-order valence-electron chi connectivity index (χ1n) is 9.81. The van der Waals surface area contributed by atoms with E-state index in [1.165, 1.54) is 14.7 Å². The highest BCUT2D eigenvalue weighted by atomic mass is 16.2. The van der Waals surface area contributed by atoms with Crippen molar-refractivity contribution in [2.75, 3.05) is 5.32 Å². The number of rotatable bonds is 2. The van der Waals surface area contributed by atoms with Crippen molar-refractivity contribution in [1.82, 2.24) is 14.5 Å². The maximum absolute atomic E-state index is 12.5. The molecule has 0 unspecified atom stereocenters. The smallest absolute Gasteiger partial charge is 0.328 e. The molecular weight excluding hydrogens is 368 g/mol. The Hall–Kier alpha value is -3.35. The van der Waals surface area contributed by atoms with Crippen LogP contribution in [0, 0.1) is 0 Å². The Balaban J connectivity index is 1.50. The van der Waals surface area contributed by atoms with E-state index in [2.05, 4.69) is 16.7 Å². The van der Waals surface area contributed by atoms with Crippen molar-refractivity contribution in [2.24, 2.45) is 14.1 Å². The molecule has 0 spiro atoms. The summed E-state index contributed by atoms with van der Waals surface area (Å²) >= 11 is 0. The average Bonchev–Trinajstić information content (AvgIpc) is 2.87. The van der Waals surface area contributed by atoms with E-state index in [1.54, 1.807) is 32.3 Å². The van der Waals surface area contributed by atoms with E-state index in [1.807, 2.05) is 18.2 Å². The lowest BCUT2D eigenvalue weighted by atomic mass is 9.99. The van der Waals surface area contributed by atoms with E-state index in [0.717, 1.165) is 36.8 Å². The summed E-state index contributed by atoms with van der Waals surface area (Å²) in [5, 5.41) is 5.53. The van der Waals surface area contributed by atoms with Crippen LogP contribution in [0.4, 0.5) is 5.69 Å². The zero-order valence-corrected chi connectivity index (χ0v) is 16.6. The summed E-state index contributed by atoms with van der Waals surface area (Å²) in [6.45, 7) is 0. The van der Waals surface area contributed by atoms with Gasteiger partial charge in [-0.15, -0.1) is 0 Å². The number of fused-ring (bicyclic) bond motifs is 2. The van der Waals surface area contributed by atoms with Crippen molar-refractivity contribution in [3.8, 4) is 0 Å². The molecule has 2 N–H and O–H groups in total. The first-order chi connectivity index (χ1) is 14.0. The van der Waals surface area contributed by atoms with E-state index < -0.39 is 11.8 Å². The SMILES string of the molecule is Cn1c(=O)n(C)c2cc(NC(=O)C(=O)N[C@H]3CCCCc4ccccc43)ccc21. The van der Waals surface area contributed by atoms with Crippen LogP contribution in [-0.2, 0) is 30.1 Å². The predicted octanol–water partition coefficient (Wildman–Crippen LogP) is 2.40. The van der Waals surface area contributed by atoms with Crippen molar-refractivity contribution in [1.29, 1.82) is 0 Å². The quantitative estimate of drug-likeness (QED) is 0.519. The highest BCUT2D eigenvalue weighted by Gasteiger charge is 2.23. The average molecular weight is 392 g/mol. The summed E-state index contributed by atoms with van der Waals surface area (Å²) in [6.07, 6.45) is 3.88. The van der Waals surface area contributed by atoms with Crippen molar-refractivity contribution in [3.05, 3.63) is 64.1 Å². The summed E-state index contributed by atoms with van der Waals surface area (Å²) in [5.41, 5.74) is 4.09. The van der Waals surface area contributed by atoms with Gasteiger partial charge in [0.05, 0.1) is 17.1 Å². The number of nitrogens with zero attached hydrogens (tertiary/aromatic N) is 2. The second-order valence-electron chi connectivity index (χ2n) is 7.53. The topological polar surface area (TPSA) is 85.1 Å². The van der Waals surface area contributed by atoms with Gasteiger partial charge in [-0.25, -0.2) is 4.79 Å². The maximum atomic E-state index is 12.5. The molecule has 7 heteroatoms. The van der Waals surface area contributed by atoms with E-state index in [0.29, 0.717) is 11.2 Å². The third-order valence-electron chi connectivity index (χ3n) is 5.66. The molecule has 150 valence electrons. The van der Waals surface area contributed by atoms with Crippen LogP contribution < -0.4 is 16.3 Å². The second kappa shape index (κ2) is 7.58. The Morgan fingerprint density at radius 1 is 0.966 bits per heavy atom. The van der Waals surface area contributed by atoms with Crippen LogP contribution in [0.3, 0.4) is 0 Å². The Morgan fingerprint density at radius 3 is 2.55 bits per heavy atom. The van der Waals surface area contributed by atoms with Crippen LogP contribution in [0.2, 0.25) is 0 Å². The molecule has 0 fully saturated rings. The number of hydrogen-bond acceptors (Lipinski definition) is 3. The Bertz CT molecular complexity index is 1160. The fourth-order valence-corrected chi connectivity index (χ4v) is 4.07. The van der Waals surface area contributed by atoms with E-state index in [9.17, 15) is 14.4 Å². The molecule has 4 rings (SSSR count). The maximum Gasteiger partial charge on any atom is 0.328 e. The van der Waals surface area contributed by atoms with E-state index >= 15 is 0 Å². The molecule has 0 saturated heterocycles. The van der Waals surface area contributed by atoms with Crippen LogP contribution in [0.1, 0.15) is 36.4 Å². The largest absolute Gasteiger partial charge is 0.341 e. The van der Waals surface area contributed by atoms with Crippen molar-refractivity contribution in [2.45, 2.75) is 31.7 Å². The third kappa shape index (κ3) is 3.55. The van der Waals surface area contributed by atoms with Gasteiger partial charge in [0.15, 0.2) is 0 Å². The van der Waals surface area contributed by atoms with Crippen LogP contribution in [0.25, 0.3) is 11.0 Å². The van der Waals surface area contributed by atoms with Crippen LogP contribution >= 0.6 is 0 Å². The van der Waals surface area contributed by atoms with Crippen molar-refractivity contribution >= 4 is 28.5 Å². The van der Waals surface area contributed by atoms with Gasteiger partial charge < -0.3 is 10.6 Å². The van der Waals surface area contributed by atoms with Crippen LogP contribution in [0.15, 0.2) is 47.3 Å². The van der Waals surface area contributed by atoms with E-state index in [-0.39, 0.29) is 11.7 Å². The Labute approximate surface area is 168 Å². The highest BCUT2D eigenvalue weighted by molar-refractivity contribution is 6.39. The summed E-state index contributed by atoms with van der Waals surface area (Å²) in [5.74, 6) is -1.37. The normalized spacial score (nSPS) is 16.1. The molecule has 0 aliphatic heterocycles. The van der Waals surface area contributed by atoms with E-state index in [4.69, 9.17) is 0 Å². The fourth-order valence-electron chi connectivity index (χ4n) is 4.07. The molecule has 1 aliphatic carbocycles. The molecule has 0 radical (unpaired) electrons. The molecule has 0 bridgehead atoms. The summed E-state index contributed by atoms with van der Waals surface area (Å²) in [7, 11) is 3.37. The van der Waals surface area contributed by atoms with Gasteiger partial charge in [-0.1, -0.05) is 30.7 Å². The number of imidazole rings is 1. The molecule has 3 aromatic rings. The van der Waals surface area contributed by atoms with Gasteiger partial charge in [-0.3, -0.25) is 18.7 Å². The van der Waals surface area contributed by atoms with Gasteiger partial charge in [-0.05, 0) is 48.6 Å². The Kier molecular flexibility index (Phi) is 4.96. The predicted molar refractivity (Wildman–Crippen MR) is 112 cm³/mol. The summed E-state index contributed by atoms with van der Waals surface area (Å²) in [4.78, 5) is 37.1. The summed E-state index contributed by atoms with van der Waals surface area (Å²) in [6, 6.07) is 13.0. The minimum Gasteiger partial charge on any atom is -0.341 e. The lowest BCUT2D eigenvalue weighted by molar-refractivity contribution is -0.136. The van der Waals surface area contributed by atoms with Crippen molar-refractivity contribution < 1.29 is 9.59 Å². The number of hydrogen-bond donors (Lipinski definition) is 2. The van der Waals surface area contributed by atoms with Gasteiger partial charge in [0.2, 0.25) is 0 Å². The molecule has 7 nitrogen and oxygen atoms in total. The lowest BCUT2D eigenvalue weighted by Gasteiger charge is -2.19. The summed E-state index contributed by atoms with van der Waals surface area (Å²) < 4.78 is 3.05. The second-order valence-corrected chi connectivity index (χ2v) is 7.53. The number of amides is 2. The molecule has 1 heterocycles. The van der Waals surface area contributed by atoms with Crippen LogP contribution in [-0.4, -0.2) is 20.9 Å². The lowest BCUT2D eigenvalue weighted by Crippen LogP contribution is -2.37. The Morgan fingerprint density at radius 2 is 1.72 bits per heavy atom. The minimum atomic E-state index is -0.716. The highest BCUT2D eigenvalue weighted by Crippen LogP contribution is 2.28. The molecule has 1 atom stereocenters. The molecule has 29 heavy (non-hydrogen) atoms. The third-order valence-corrected chi connectivity index (χ3v) is 5.66. The van der Waals surface area contributed by atoms with Crippen molar-refractivity contribution in [3.63, 3.8) is 0 Å². The number of nitrogens with one attached hydrogen (secondary N) is 2. The standard InChI is InChI=1S/C22H24N4O3/c1-25-18-12-11-15(13-19(18)26(2)22(25)29)23-20(27)21(28)24-17-10-6-4-8-14-7-3-5-9-16(14)17/h3,5,7,9,11-13,17H,4,6,8,10H2,1-2H3,(H,23,27)(H,24,28)/t17-/m0/s1. The zero-order valence-electron chi connectivity index (χ0n) is 16.6. The number of benzene rings is 2. The van der Waals surface area contributed by atoms with Crippen LogP contribution in [0.5, 0.6) is 0 Å². The van der Waals surface area contributed by atoms with Gasteiger partial charge in [0, 0.05) is 19.8 Å². The fraction of sp³-hybridized carbons (Fsp3) is 0.318. The van der Waals surface area contributed by atoms with Gasteiger partial charge in [-0.2, -0.15) is 0 Å². The molecule has 2 amide bonds. The molecule has 1 aliphatic rings. The van der Waals surface area contributed by atoms with Gasteiger partial charge >= 0.3 is 17.5 Å².